The van der Waals surface area contributed by atoms with E-state index in [1.54, 1.807) is 7.05 Å². The van der Waals surface area contributed by atoms with Gasteiger partial charge < -0.3 is 25.7 Å². The van der Waals surface area contributed by atoms with Gasteiger partial charge in [-0.15, -0.1) is 0 Å². The highest BCUT2D eigenvalue weighted by atomic mass is 16.4. The lowest BCUT2D eigenvalue weighted by atomic mass is 9.96. The summed E-state index contributed by atoms with van der Waals surface area (Å²) in [5.41, 5.74) is 0. The molecular formula is C11H19N3O5. The molecule has 0 aromatic rings. The van der Waals surface area contributed by atoms with Gasteiger partial charge >= 0.3 is 12.0 Å². The van der Waals surface area contributed by atoms with Crippen molar-refractivity contribution in [3.63, 3.8) is 0 Å². The lowest BCUT2D eigenvalue weighted by Gasteiger charge is -2.31. The Morgan fingerprint density at radius 2 is 1.89 bits per heavy atom. The molecule has 0 aliphatic carbocycles. The minimum atomic E-state index is -1.60. The molecule has 4 N–H and O–H groups in total. The summed E-state index contributed by atoms with van der Waals surface area (Å²) in [5, 5.41) is 22.4. The summed E-state index contributed by atoms with van der Waals surface area (Å²) < 4.78 is 0. The number of nitrogens with zero attached hydrogens (tertiary/aromatic N) is 1. The van der Waals surface area contributed by atoms with E-state index in [1.165, 1.54) is 4.90 Å². The van der Waals surface area contributed by atoms with Gasteiger partial charge in [0.25, 0.3) is 0 Å². The number of likely N-dealkylation sites (tertiary alicyclic amines) is 1. The quantitative estimate of drug-likeness (QED) is 0.502. The molecule has 1 atom stereocenters. The average Bonchev–Trinajstić information content (AvgIpc) is 2.43. The van der Waals surface area contributed by atoms with E-state index < -0.39 is 18.1 Å². The number of urea groups is 1. The van der Waals surface area contributed by atoms with Gasteiger partial charge in [0.2, 0.25) is 5.91 Å². The van der Waals surface area contributed by atoms with Crippen LogP contribution in [0.25, 0.3) is 0 Å². The van der Waals surface area contributed by atoms with Crippen LogP contribution in [0.5, 0.6) is 0 Å². The summed E-state index contributed by atoms with van der Waals surface area (Å²) in [5.74, 6) is -1.49. The molecule has 3 amide bonds. The van der Waals surface area contributed by atoms with Crippen molar-refractivity contribution >= 4 is 17.9 Å². The first kappa shape index (κ1) is 15.2. The number of carboxylic acids is 1. The lowest BCUT2D eigenvalue weighted by molar-refractivity contribution is -0.146. The van der Waals surface area contributed by atoms with Crippen molar-refractivity contribution in [3.8, 4) is 0 Å². The highest BCUT2D eigenvalue weighted by Crippen LogP contribution is 2.17. The molecule has 0 aromatic heterocycles. The molecule has 0 radical (unpaired) electrons. The number of rotatable bonds is 4. The van der Waals surface area contributed by atoms with E-state index >= 15 is 0 Å². The van der Waals surface area contributed by atoms with Crippen LogP contribution in [-0.2, 0) is 9.59 Å². The van der Waals surface area contributed by atoms with Gasteiger partial charge in [-0.2, -0.15) is 0 Å². The van der Waals surface area contributed by atoms with E-state index in [0.717, 1.165) is 0 Å². The van der Waals surface area contributed by atoms with E-state index in [-0.39, 0.29) is 18.4 Å². The van der Waals surface area contributed by atoms with Crippen LogP contribution in [0.4, 0.5) is 4.79 Å². The molecule has 1 saturated heterocycles. The van der Waals surface area contributed by atoms with Gasteiger partial charge in [-0.05, 0) is 12.8 Å². The Hall–Kier alpha value is -1.83. The van der Waals surface area contributed by atoms with Crippen LogP contribution in [0.2, 0.25) is 0 Å². The number of amides is 3. The third-order valence-corrected chi connectivity index (χ3v) is 3.13. The predicted octanol–water partition coefficient (Wildman–Crippen LogP) is -1.40. The van der Waals surface area contributed by atoms with Crippen molar-refractivity contribution in [1.29, 1.82) is 0 Å². The smallest absolute Gasteiger partial charge is 0.334 e. The predicted molar refractivity (Wildman–Crippen MR) is 65.4 cm³/mol. The van der Waals surface area contributed by atoms with Crippen LogP contribution < -0.4 is 10.6 Å². The maximum Gasteiger partial charge on any atom is 0.334 e. The first-order chi connectivity index (χ1) is 8.95. The lowest BCUT2D eigenvalue weighted by Crippen LogP contribution is -2.48. The summed E-state index contributed by atoms with van der Waals surface area (Å²) in [6, 6.07) is -0.421. The van der Waals surface area contributed by atoms with Crippen LogP contribution in [0.15, 0.2) is 0 Å². The maximum atomic E-state index is 11.7. The zero-order valence-electron chi connectivity index (χ0n) is 10.8. The Morgan fingerprint density at radius 1 is 1.32 bits per heavy atom. The standard InChI is InChI=1S/C11H19N3O5/c1-12-9(16)7-2-4-14(5-3-7)11(19)13-6-8(15)10(17)18/h7-8,15H,2-6H2,1H3,(H,12,16)(H,13,19)(H,17,18)/t8-/m0/s1. The van der Waals surface area contributed by atoms with Crippen LogP contribution in [0.1, 0.15) is 12.8 Å². The molecule has 19 heavy (non-hydrogen) atoms. The summed E-state index contributed by atoms with van der Waals surface area (Å²) in [6.45, 7) is 0.545. The molecule has 0 spiro atoms. The van der Waals surface area contributed by atoms with Gasteiger partial charge in [-0.25, -0.2) is 9.59 Å². The summed E-state index contributed by atoms with van der Waals surface area (Å²) in [6.07, 6.45) is -0.448. The van der Waals surface area contributed by atoms with E-state index in [2.05, 4.69) is 10.6 Å². The molecule has 1 heterocycles. The number of hydrogen-bond acceptors (Lipinski definition) is 4. The molecule has 1 aliphatic rings. The van der Waals surface area contributed by atoms with Crippen molar-refractivity contribution in [2.24, 2.45) is 5.92 Å². The van der Waals surface area contributed by atoms with Gasteiger partial charge in [-0.3, -0.25) is 4.79 Å². The number of nitrogens with one attached hydrogen (secondary N) is 2. The molecule has 108 valence electrons. The number of carbonyl (C=O) groups is 3. The molecular weight excluding hydrogens is 254 g/mol. The highest BCUT2D eigenvalue weighted by Gasteiger charge is 2.27. The molecule has 1 aliphatic heterocycles. The Kier molecular flexibility index (Phi) is 5.56. The first-order valence-electron chi connectivity index (χ1n) is 6.11. The second-order valence-electron chi connectivity index (χ2n) is 4.42. The minimum absolute atomic E-state index is 0.0265. The van der Waals surface area contributed by atoms with Crippen LogP contribution in [-0.4, -0.2) is 65.8 Å². The minimum Gasteiger partial charge on any atom is -0.479 e. The Bertz CT molecular complexity index is 352. The molecule has 0 aromatic carbocycles. The van der Waals surface area contributed by atoms with E-state index in [4.69, 9.17) is 10.2 Å². The fourth-order valence-corrected chi connectivity index (χ4v) is 1.93. The second kappa shape index (κ2) is 6.93. The Morgan fingerprint density at radius 3 is 2.37 bits per heavy atom. The van der Waals surface area contributed by atoms with Gasteiger partial charge in [0.05, 0.1) is 6.54 Å². The number of aliphatic hydroxyl groups excluding tert-OH is 1. The topological polar surface area (TPSA) is 119 Å². The van der Waals surface area contributed by atoms with Gasteiger partial charge in [0, 0.05) is 26.1 Å². The number of aliphatic hydroxyl groups is 1. The Balaban J connectivity index is 2.33. The summed E-state index contributed by atoms with van der Waals surface area (Å²) in [7, 11) is 1.58. The molecule has 0 saturated carbocycles. The average molecular weight is 273 g/mol. The number of piperidine rings is 1. The Labute approximate surface area is 110 Å². The fourth-order valence-electron chi connectivity index (χ4n) is 1.93. The molecule has 0 bridgehead atoms. The van der Waals surface area contributed by atoms with Crippen molar-refractivity contribution in [3.05, 3.63) is 0 Å². The normalized spacial score (nSPS) is 17.7. The maximum absolute atomic E-state index is 11.7. The summed E-state index contributed by atoms with van der Waals surface area (Å²) >= 11 is 0. The van der Waals surface area contributed by atoms with Crippen molar-refractivity contribution in [2.75, 3.05) is 26.7 Å². The summed E-state index contributed by atoms with van der Waals surface area (Å²) in [4.78, 5) is 35.0. The molecule has 0 unspecified atom stereocenters. The van der Waals surface area contributed by atoms with Crippen LogP contribution >= 0.6 is 0 Å². The zero-order chi connectivity index (χ0) is 14.4. The van der Waals surface area contributed by atoms with E-state index in [0.29, 0.717) is 25.9 Å². The van der Waals surface area contributed by atoms with Crippen molar-refractivity contribution in [2.45, 2.75) is 18.9 Å². The van der Waals surface area contributed by atoms with Crippen LogP contribution in [0, 0.1) is 5.92 Å². The van der Waals surface area contributed by atoms with Gasteiger partial charge in [-0.1, -0.05) is 0 Å². The fraction of sp³-hybridized carbons (Fsp3) is 0.727. The monoisotopic (exact) mass is 273 g/mol. The zero-order valence-corrected chi connectivity index (χ0v) is 10.8. The van der Waals surface area contributed by atoms with E-state index in [1.807, 2.05) is 0 Å². The van der Waals surface area contributed by atoms with Crippen molar-refractivity contribution < 1.29 is 24.6 Å². The largest absolute Gasteiger partial charge is 0.479 e. The number of carbonyl (C=O) groups excluding carboxylic acids is 2. The van der Waals surface area contributed by atoms with Crippen molar-refractivity contribution in [1.82, 2.24) is 15.5 Å². The van der Waals surface area contributed by atoms with Gasteiger partial charge in [0.15, 0.2) is 6.10 Å². The molecule has 1 fully saturated rings. The van der Waals surface area contributed by atoms with E-state index in [9.17, 15) is 14.4 Å². The highest BCUT2D eigenvalue weighted by molar-refractivity contribution is 5.79. The molecule has 1 rings (SSSR count). The van der Waals surface area contributed by atoms with Gasteiger partial charge in [0.1, 0.15) is 0 Å². The number of aliphatic carboxylic acids is 1. The van der Waals surface area contributed by atoms with Crippen LogP contribution in [0.3, 0.4) is 0 Å². The third kappa shape index (κ3) is 4.40. The number of carboxylic acid groups (broad SMARTS) is 1. The molecule has 8 nitrogen and oxygen atoms in total. The second-order valence-corrected chi connectivity index (χ2v) is 4.42. The third-order valence-electron chi connectivity index (χ3n) is 3.13. The first-order valence-corrected chi connectivity index (χ1v) is 6.11. The number of hydrogen-bond donors (Lipinski definition) is 4. The SMILES string of the molecule is CNC(=O)C1CCN(C(=O)NC[C@H](O)C(=O)O)CC1. The molecule has 8 heteroatoms.